The SMILES string of the molecule is CC.CSc1cccc(NC(=O)NC(c2oc3ccc(F)cc3c2C)C(C)C)c1. The lowest BCUT2D eigenvalue weighted by Gasteiger charge is -2.21. The Kier molecular flexibility index (Phi) is 8.14. The molecule has 3 aromatic rings. The summed E-state index contributed by atoms with van der Waals surface area (Å²) in [6.45, 7) is 9.90. The van der Waals surface area contributed by atoms with Crippen LogP contribution in [0.2, 0.25) is 0 Å². The van der Waals surface area contributed by atoms with E-state index in [-0.39, 0.29) is 23.8 Å². The van der Waals surface area contributed by atoms with E-state index >= 15 is 0 Å². The van der Waals surface area contributed by atoms with E-state index in [1.807, 2.05) is 65.1 Å². The van der Waals surface area contributed by atoms with E-state index in [0.717, 1.165) is 21.5 Å². The normalized spacial score (nSPS) is 11.7. The van der Waals surface area contributed by atoms with Gasteiger partial charge in [0, 0.05) is 21.5 Å². The lowest BCUT2D eigenvalue weighted by molar-refractivity contribution is 0.241. The second-order valence-electron chi connectivity index (χ2n) is 6.78. The molecule has 156 valence electrons. The minimum atomic E-state index is -0.329. The van der Waals surface area contributed by atoms with Crippen LogP contribution in [-0.4, -0.2) is 12.3 Å². The number of hydrogen-bond donors (Lipinski definition) is 2. The Morgan fingerprint density at radius 1 is 1.14 bits per heavy atom. The molecule has 1 atom stereocenters. The van der Waals surface area contributed by atoms with Gasteiger partial charge < -0.3 is 15.1 Å². The molecule has 4 nitrogen and oxygen atoms in total. The van der Waals surface area contributed by atoms with Gasteiger partial charge >= 0.3 is 6.03 Å². The number of halogens is 1. The van der Waals surface area contributed by atoms with Gasteiger partial charge in [-0.1, -0.05) is 33.8 Å². The summed E-state index contributed by atoms with van der Waals surface area (Å²) in [5.41, 5.74) is 2.18. The van der Waals surface area contributed by atoms with E-state index in [2.05, 4.69) is 10.6 Å². The van der Waals surface area contributed by atoms with Crippen LogP contribution in [0.4, 0.5) is 14.9 Å². The van der Waals surface area contributed by atoms with E-state index in [0.29, 0.717) is 11.3 Å². The molecule has 0 bridgehead atoms. The molecule has 2 amide bonds. The Balaban J connectivity index is 0.00000145. The average molecular weight is 417 g/mol. The number of amides is 2. The molecule has 2 aromatic carbocycles. The average Bonchev–Trinajstić information content (AvgIpc) is 3.03. The molecule has 0 aliphatic heterocycles. The number of carbonyl (C=O) groups is 1. The van der Waals surface area contributed by atoms with Gasteiger partial charge in [0.1, 0.15) is 17.2 Å². The van der Waals surface area contributed by atoms with Gasteiger partial charge in [-0.25, -0.2) is 9.18 Å². The van der Waals surface area contributed by atoms with Crippen molar-refractivity contribution in [3.8, 4) is 0 Å². The molecule has 0 radical (unpaired) electrons. The molecule has 6 heteroatoms. The van der Waals surface area contributed by atoms with Gasteiger partial charge in [0.05, 0.1) is 6.04 Å². The smallest absolute Gasteiger partial charge is 0.319 e. The molecule has 0 saturated heterocycles. The highest BCUT2D eigenvalue weighted by molar-refractivity contribution is 7.98. The van der Waals surface area contributed by atoms with E-state index in [1.165, 1.54) is 12.1 Å². The zero-order valence-corrected chi connectivity index (χ0v) is 18.6. The first kappa shape index (κ1) is 22.8. The number of rotatable bonds is 5. The number of aryl methyl sites for hydroxylation is 1. The monoisotopic (exact) mass is 416 g/mol. The lowest BCUT2D eigenvalue weighted by Crippen LogP contribution is -2.35. The molecule has 29 heavy (non-hydrogen) atoms. The molecule has 0 spiro atoms. The summed E-state index contributed by atoms with van der Waals surface area (Å²) in [7, 11) is 0. The highest BCUT2D eigenvalue weighted by Crippen LogP contribution is 2.33. The van der Waals surface area contributed by atoms with Crippen LogP contribution < -0.4 is 10.6 Å². The zero-order chi connectivity index (χ0) is 21.6. The Hall–Kier alpha value is -2.47. The van der Waals surface area contributed by atoms with Crippen molar-refractivity contribution < 1.29 is 13.6 Å². The largest absolute Gasteiger partial charge is 0.459 e. The van der Waals surface area contributed by atoms with Crippen LogP contribution in [0.3, 0.4) is 0 Å². The third kappa shape index (κ3) is 5.54. The van der Waals surface area contributed by atoms with Crippen molar-refractivity contribution >= 4 is 34.4 Å². The van der Waals surface area contributed by atoms with Gasteiger partial charge in [0.2, 0.25) is 0 Å². The summed E-state index contributed by atoms with van der Waals surface area (Å²) in [5, 5.41) is 6.59. The van der Waals surface area contributed by atoms with Gasteiger partial charge in [-0.2, -0.15) is 0 Å². The first-order valence-corrected chi connectivity index (χ1v) is 11.0. The fourth-order valence-corrected chi connectivity index (χ4v) is 3.51. The summed E-state index contributed by atoms with van der Waals surface area (Å²) in [6, 6.07) is 11.5. The van der Waals surface area contributed by atoms with Crippen molar-refractivity contribution in [2.24, 2.45) is 5.92 Å². The van der Waals surface area contributed by atoms with Crippen molar-refractivity contribution in [3.05, 3.63) is 59.6 Å². The highest BCUT2D eigenvalue weighted by atomic mass is 32.2. The molecule has 0 saturated carbocycles. The van der Waals surface area contributed by atoms with Crippen molar-refractivity contribution in [2.45, 2.75) is 45.6 Å². The molecule has 0 fully saturated rings. The molecule has 0 aliphatic rings. The Morgan fingerprint density at radius 2 is 1.86 bits per heavy atom. The number of hydrogen-bond acceptors (Lipinski definition) is 3. The molecular formula is C23H29FN2O2S. The van der Waals surface area contributed by atoms with Crippen LogP contribution in [0, 0.1) is 18.7 Å². The lowest BCUT2D eigenvalue weighted by atomic mass is 9.98. The first-order valence-electron chi connectivity index (χ1n) is 9.79. The molecule has 1 heterocycles. The summed E-state index contributed by atoms with van der Waals surface area (Å²) in [5.74, 6) is 0.439. The molecular weight excluding hydrogens is 387 g/mol. The standard InChI is InChI=1S/C21H23FN2O2S.C2H6/c1-12(2)19(20-13(3)17-10-14(22)8-9-18(17)26-20)24-21(25)23-15-6-5-7-16(11-15)27-4;1-2/h5-12,19H,1-4H3,(H2,23,24,25);1-2H3. The topological polar surface area (TPSA) is 54.3 Å². The van der Waals surface area contributed by atoms with Crippen molar-refractivity contribution in [2.75, 3.05) is 11.6 Å². The summed E-state index contributed by atoms with van der Waals surface area (Å²) >= 11 is 1.61. The van der Waals surface area contributed by atoms with Gasteiger partial charge in [-0.15, -0.1) is 11.8 Å². The van der Waals surface area contributed by atoms with Gasteiger partial charge in [-0.3, -0.25) is 0 Å². The number of benzene rings is 2. The van der Waals surface area contributed by atoms with Crippen molar-refractivity contribution in [3.63, 3.8) is 0 Å². The quantitative estimate of drug-likeness (QED) is 0.434. The van der Waals surface area contributed by atoms with E-state index < -0.39 is 0 Å². The third-order valence-corrected chi connectivity index (χ3v) is 5.22. The predicted octanol–water partition coefficient (Wildman–Crippen LogP) is 7.15. The molecule has 1 aromatic heterocycles. The fourth-order valence-electron chi connectivity index (χ4n) is 3.05. The molecule has 3 rings (SSSR count). The van der Waals surface area contributed by atoms with Crippen LogP contribution in [0.1, 0.15) is 45.1 Å². The highest BCUT2D eigenvalue weighted by Gasteiger charge is 2.25. The third-order valence-electron chi connectivity index (χ3n) is 4.50. The van der Waals surface area contributed by atoms with Crippen LogP contribution in [0.25, 0.3) is 11.0 Å². The van der Waals surface area contributed by atoms with Gasteiger partial charge in [0.15, 0.2) is 0 Å². The maximum atomic E-state index is 13.6. The van der Waals surface area contributed by atoms with Crippen molar-refractivity contribution in [1.82, 2.24) is 5.32 Å². The summed E-state index contributed by atoms with van der Waals surface area (Å²) < 4.78 is 19.5. The minimum absolute atomic E-state index is 0.0948. The Labute approximate surface area is 176 Å². The van der Waals surface area contributed by atoms with E-state index in [1.54, 1.807) is 17.8 Å². The second-order valence-corrected chi connectivity index (χ2v) is 7.66. The molecule has 2 N–H and O–H groups in total. The first-order chi connectivity index (χ1) is 13.9. The maximum Gasteiger partial charge on any atom is 0.319 e. The van der Waals surface area contributed by atoms with Crippen LogP contribution >= 0.6 is 11.8 Å². The molecule has 1 unspecified atom stereocenters. The van der Waals surface area contributed by atoms with Crippen molar-refractivity contribution in [1.29, 1.82) is 0 Å². The van der Waals surface area contributed by atoms with E-state index in [9.17, 15) is 9.18 Å². The zero-order valence-electron chi connectivity index (χ0n) is 17.8. The summed E-state index contributed by atoms with van der Waals surface area (Å²) in [4.78, 5) is 13.6. The number of fused-ring (bicyclic) bond motifs is 1. The maximum absolute atomic E-state index is 13.6. The summed E-state index contributed by atoms with van der Waals surface area (Å²) in [6.07, 6.45) is 1.99. The van der Waals surface area contributed by atoms with Gasteiger partial charge in [0.25, 0.3) is 0 Å². The van der Waals surface area contributed by atoms with Crippen LogP contribution in [-0.2, 0) is 0 Å². The van der Waals surface area contributed by atoms with E-state index in [4.69, 9.17) is 4.42 Å². The van der Waals surface area contributed by atoms with Crippen LogP contribution in [0.5, 0.6) is 0 Å². The number of furan rings is 1. The Morgan fingerprint density at radius 3 is 2.52 bits per heavy atom. The van der Waals surface area contributed by atoms with Gasteiger partial charge in [-0.05, 0) is 55.5 Å². The number of urea groups is 1. The Bertz CT molecular complexity index is 969. The predicted molar refractivity (Wildman–Crippen MR) is 120 cm³/mol. The van der Waals surface area contributed by atoms with Crippen LogP contribution in [0.15, 0.2) is 51.8 Å². The second kappa shape index (κ2) is 10.3. The minimum Gasteiger partial charge on any atom is -0.459 e. The fraction of sp³-hybridized carbons (Fsp3) is 0.348. The number of carbonyl (C=O) groups excluding carboxylic acids is 1. The molecule has 0 aliphatic carbocycles. The number of anilines is 1. The number of nitrogens with one attached hydrogen (secondary N) is 2. The number of thioether (sulfide) groups is 1.